The summed E-state index contributed by atoms with van der Waals surface area (Å²) in [6, 6.07) is 0. The quantitative estimate of drug-likeness (QED) is 0.453. The van der Waals surface area contributed by atoms with Crippen LogP contribution in [0.2, 0.25) is 0 Å². The van der Waals surface area contributed by atoms with Crippen molar-refractivity contribution in [2.45, 2.75) is 0 Å². The first-order chi connectivity index (χ1) is 2.73. The molecule has 0 fully saturated rings. The van der Waals surface area contributed by atoms with Gasteiger partial charge < -0.3 is 5.11 Å². The molecule has 0 amide bonds. The molecular weight excluding hydrogens is 120 g/mol. The molecule has 0 saturated heterocycles. The normalized spacial score (nSPS) is 4.67. The third-order valence-electron chi connectivity index (χ3n) is 0. The van der Waals surface area contributed by atoms with E-state index in [2.05, 4.69) is 6.92 Å². The van der Waals surface area contributed by atoms with Gasteiger partial charge in [0, 0.05) is 0 Å². The molecule has 0 saturated carbocycles. The van der Waals surface area contributed by atoms with Gasteiger partial charge in [-0.15, -0.1) is 0 Å². The van der Waals surface area contributed by atoms with Crippen LogP contribution in [0.25, 0.3) is 0 Å². The Morgan fingerprint density at radius 3 is 1.67 bits per heavy atom. The standard InChI is InChI=1S/C2H3O2.O.Ti/c1-2(3)4;;/h1H2,(H,3,4);;. The van der Waals surface area contributed by atoms with Crippen LogP contribution in [-0.2, 0) is 28.5 Å². The number of hydrogen-bond donors (Lipinski definition) is 1. The fourth-order valence-electron chi connectivity index (χ4n) is 0. The molecule has 0 aliphatic carbocycles. The van der Waals surface area contributed by atoms with Gasteiger partial charge >= 0.3 is 29.7 Å². The zero-order chi connectivity index (χ0) is 5.58. The molecule has 0 heterocycles. The second kappa shape index (κ2) is 8.88. The second-order valence-electron chi connectivity index (χ2n) is 0.394. The number of carboxylic acid groups (broad SMARTS) is 1. The molecule has 0 rings (SSSR count). The summed E-state index contributed by atoms with van der Waals surface area (Å²) < 4.78 is 8.25. The summed E-state index contributed by atoms with van der Waals surface area (Å²) in [5, 5.41) is 7.31. The Labute approximate surface area is 47.1 Å². The van der Waals surface area contributed by atoms with Gasteiger partial charge in [0.2, 0.25) is 0 Å². The number of hydrogen-bond acceptors (Lipinski definition) is 2. The summed E-state index contributed by atoms with van der Waals surface area (Å²) in [5.41, 5.74) is 0. The third-order valence-corrected chi connectivity index (χ3v) is 0. The minimum absolute atomic E-state index is 0.750. The topological polar surface area (TPSA) is 54.4 Å². The van der Waals surface area contributed by atoms with E-state index in [1.807, 2.05) is 0 Å². The first-order valence-corrected chi connectivity index (χ1v) is 1.62. The molecule has 1 N–H and O–H groups in total. The Morgan fingerprint density at radius 2 is 1.67 bits per heavy atom. The van der Waals surface area contributed by atoms with Crippen LogP contribution in [0.4, 0.5) is 0 Å². The van der Waals surface area contributed by atoms with Crippen molar-refractivity contribution >= 4 is 5.97 Å². The molecular formula is C2H3O3Ti. The monoisotopic (exact) mass is 123 g/mol. The molecule has 1 radical (unpaired) electrons. The van der Waals surface area contributed by atoms with Gasteiger partial charge in [-0.05, 0) is 0 Å². The molecule has 0 bridgehead atoms. The van der Waals surface area contributed by atoms with Gasteiger partial charge in [0.1, 0.15) is 0 Å². The summed E-state index contributed by atoms with van der Waals surface area (Å²) in [5.74, 6) is -1.08. The first-order valence-electron chi connectivity index (χ1n) is 0.985. The Hall–Kier alpha value is -0.0157. The number of rotatable bonds is 0. The predicted molar refractivity (Wildman–Crippen MR) is 13.7 cm³/mol. The summed E-state index contributed by atoms with van der Waals surface area (Å²) >= 11 is 0.750. The summed E-state index contributed by atoms with van der Waals surface area (Å²) in [7, 11) is 0. The first kappa shape index (κ1) is 9.37. The molecule has 0 spiro atoms. The van der Waals surface area contributed by atoms with Gasteiger partial charge in [-0.3, -0.25) is 4.79 Å². The van der Waals surface area contributed by atoms with Gasteiger partial charge in [0.15, 0.2) is 0 Å². The number of aliphatic carboxylic acids is 1. The van der Waals surface area contributed by atoms with Crippen molar-refractivity contribution in [3.05, 3.63) is 6.92 Å². The van der Waals surface area contributed by atoms with E-state index in [-0.39, 0.29) is 0 Å². The van der Waals surface area contributed by atoms with E-state index in [4.69, 9.17) is 13.2 Å². The maximum absolute atomic E-state index is 8.89. The molecule has 3 nitrogen and oxygen atoms in total. The Balaban J connectivity index is 0. The number of carboxylic acids is 1. The fourth-order valence-corrected chi connectivity index (χ4v) is 0. The van der Waals surface area contributed by atoms with Gasteiger partial charge in [0.05, 0.1) is 6.92 Å². The molecule has 0 unspecified atom stereocenters. The van der Waals surface area contributed by atoms with E-state index < -0.39 is 5.97 Å². The number of carbonyl (C=O) groups is 1. The predicted octanol–water partition coefficient (Wildman–Crippen LogP) is -0.216. The average Bonchev–Trinajstić information content (AvgIpc) is 1.41. The average molecular weight is 123 g/mol. The van der Waals surface area contributed by atoms with E-state index in [1.54, 1.807) is 0 Å². The fraction of sp³-hybridized carbons (Fsp3) is 0. The van der Waals surface area contributed by atoms with Gasteiger partial charge in [0.25, 0.3) is 0 Å². The van der Waals surface area contributed by atoms with Crippen molar-refractivity contribution in [1.82, 2.24) is 0 Å². The molecule has 0 aromatic carbocycles. The van der Waals surface area contributed by atoms with Crippen LogP contribution in [0.1, 0.15) is 0 Å². The van der Waals surface area contributed by atoms with E-state index in [9.17, 15) is 0 Å². The van der Waals surface area contributed by atoms with Crippen LogP contribution in [0.3, 0.4) is 0 Å². The molecule has 6 heavy (non-hydrogen) atoms. The van der Waals surface area contributed by atoms with Crippen molar-refractivity contribution < 1.29 is 33.6 Å². The molecule has 0 aliphatic rings. The van der Waals surface area contributed by atoms with Crippen molar-refractivity contribution in [2.24, 2.45) is 0 Å². The second-order valence-corrected chi connectivity index (χ2v) is 0.394. The van der Waals surface area contributed by atoms with Crippen LogP contribution in [0.15, 0.2) is 0 Å². The van der Waals surface area contributed by atoms with Crippen LogP contribution in [-0.4, -0.2) is 11.1 Å². The van der Waals surface area contributed by atoms with Gasteiger partial charge in [-0.25, -0.2) is 0 Å². The summed E-state index contributed by atoms with van der Waals surface area (Å²) in [6.07, 6.45) is 0. The molecule has 0 aromatic rings. The van der Waals surface area contributed by atoms with E-state index in [1.165, 1.54) is 0 Å². The van der Waals surface area contributed by atoms with E-state index >= 15 is 0 Å². The van der Waals surface area contributed by atoms with Crippen LogP contribution < -0.4 is 0 Å². The molecule has 0 aliphatic heterocycles. The molecule has 0 atom stereocenters. The zero-order valence-corrected chi connectivity index (χ0v) is 4.53. The molecule has 4 heteroatoms. The van der Waals surface area contributed by atoms with E-state index in [0.717, 1.165) is 20.4 Å². The minimum atomic E-state index is -1.08. The zero-order valence-electron chi connectivity index (χ0n) is 2.97. The Morgan fingerprint density at radius 1 is 1.67 bits per heavy atom. The van der Waals surface area contributed by atoms with Crippen LogP contribution in [0, 0.1) is 6.92 Å². The third kappa shape index (κ3) is 144000. The Bertz CT molecular complexity index is 40.1. The van der Waals surface area contributed by atoms with Crippen LogP contribution in [0.5, 0.6) is 0 Å². The SMILES string of the molecule is [CH2]C(=O)O.[O]=[Ti]. The van der Waals surface area contributed by atoms with Crippen molar-refractivity contribution in [2.75, 3.05) is 0 Å². The van der Waals surface area contributed by atoms with Crippen LogP contribution >= 0.6 is 0 Å². The van der Waals surface area contributed by atoms with Crippen molar-refractivity contribution in [3.8, 4) is 0 Å². The summed E-state index contributed by atoms with van der Waals surface area (Å²) in [4.78, 5) is 8.89. The van der Waals surface area contributed by atoms with Gasteiger partial charge in [-0.2, -0.15) is 0 Å². The molecule has 0 aromatic heterocycles. The van der Waals surface area contributed by atoms with Crippen molar-refractivity contribution in [3.63, 3.8) is 0 Å². The van der Waals surface area contributed by atoms with Gasteiger partial charge in [-0.1, -0.05) is 0 Å². The Kier molecular flexibility index (Phi) is 13.9. The van der Waals surface area contributed by atoms with E-state index in [0.29, 0.717) is 0 Å². The molecule has 33 valence electrons. The maximum atomic E-state index is 8.89. The van der Waals surface area contributed by atoms with Crippen molar-refractivity contribution in [1.29, 1.82) is 0 Å². The summed E-state index contributed by atoms with van der Waals surface area (Å²) in [6.45, 7) is 2.56.